The molecule has 8 nitrogen and oxygen atoms in total. The van der Waals surface area contributed by atoms with Gasteiger partial charge in [0.05, 0.1) is 6.61 Å². The summed E-state index contributed by atoms with van der Waals surface area (Å²) in [6, 6.07) is 10.9. The molecule has 1 unspecified atom stereocenters. The van der Waals surface area contributed by atoms with Gasteiger partial charge in [0.2, 0.25) is 17.5 Å². The van der Waals surface area contributed by atoms with Gasteiger partial charge in [-0.15, -0.1) is 10.2 Å². The van der Waals surface area contributed by atoms with Gasteiger partial charge < -0.3 is 19.4 Å². The van der Waals surface area contributed by atoms with E-state index in [-0.39, 0.29) is 11.9 Å². The van der Waals surface area contributed by atoms with Crippen LogP contribution in [0.25, 0.3) is 11.3 Å². The highest BCUT2D eigenvalue weighted by Gasteiger charge is 2.27. The molecule has 31 heavy (non-hydrogen) atoms. The van der Waals surface area contributed by atoms with Gasteiger partial charge in [0.1, 0.15) is 11.8 Å². The van der Waals surface area contributed by atoms with E-state index in [0.717, 1.165) is 24.0 Å². The van der Waals surface area contributed by atoms with Crippen molar-refractivity contribution in [3.63, 3.8) is 0 Å². The van der Waals surface area contributed by atoms with E-state index in [0.29, 0.717) is 17.5 Å². The zero-order valence-electron chi connectivity index (χ0n) is 17.7. The quantitative estimate of drug-likeness (QED) is 0.586. The van der Waals surface area contributed by atoms with Crippen molar-refractivity contribution >= 4 is 5.91 Å². The number of rotatable bonds is 7. The fourth-order valence-electron chi connectivity index (χ4n) is 3.38. The number of carbonyl (C=O) groups is 1. The average molecular weight is 425 g/mol. The molecule has 2 N–H and O–H groups in total. The van der Waals surface area contributed by atoms with Crippen LogP contribution in [0.1, 0.15) is 79.8 Å². The predicted octanol–water partition coefficient (Wildman–Crippen LogP) is 4.66. The number of hydrogen-bond donors (Lipinski definition) is 1. The molecule has 0 aliphatic heterocycles. The maximum absolute atomic E-state index is 10.7. The van der Waals surface area contributed by atoms with E-state index >= 15 is 0 Å². The molecule has 0 saturated heterocycles. The van der Waals surface area contributed by atoms with Crippen molar-refractivity contribution < 1.29 is 18.5 Å². The summed E-state index contributed by atoms with van der Waals surface area (Å²) < 4.78 is 16.2. The van der Waals surface area contributed by atoms with Gasteiger partial charge in [-0.3, -0.25) is 4.79 Å². The molecule has 0 bridgehead atoms. The fraction of sp³-hybridized carbons (Fsp3) is 0.478. The van der Waals surface area contributed by atoms with Crippen molar-refractivity contribution in [1.82, 2.24) is 15.4 Å². The third kappa shape index (κ3) is 5.38. The summed E-state index contributed by atoms with van der Waals surface area (Å²) in [7, 11) is 0. The summed E-state index contributed by atoms with van der Waals surface area (Å²) >= 11 is 0. The number of ether oxygens (including phenoxy) is 1. The third-order valence-corrected chi connectivity index (χ3v) is 5.89. The first-order valence-electron chi connectivity index (χ1n) is 10.9. The Kier molecular flexibility index (Phi) is 6.76. The fourth-order valence-corrected chi connectivity index (χ4v) is 3.38. The van der Waals surface area contributed by atoms with Crippen LogP contribution in [-0.2, 0) is 4.74 Å². The zero-order chi connectivity index (χ0) is 21.6. The second-order valence-electron chi connectivity index (χ2n) is 8.19. The van der Waals surface area contributed by atoms with Crippen LogP contribution in [0, 0.1) is 5.92 Å². The number of benzene rings is 1. The first-order chi connectivity index (χ1) is 15.1. The summed E-state index contributed by atoms with van der Waals surface area (Å²) in [6.07, 6.45) is 7.59. The maximum Gasteiger partial charge on any atom is 0.287 e. The van der Waals surface area contributed by atoms with Gasteiger partial charge in [-0.25, -0.2) is 0 Å². The minimum Gasteiger partial charge on any atom is -0.422 e. The number of amides is 1. The highest BCUT2D eigenvalue weighted by Crippen LogP contribution is 2.36. The molecule has 1 amide bonds. The summed E-state index contributed by atoms with van der Waals surface area (Å²) in [5, 5.41) is 12.0. The molecule has 2 aromatic heterocycles. The molecule has 2 aliphatic carbocycles. The van der Waals surface area contributed by atoms with Crippen LogP contribution < -0.4 is 5.73 Å². The van der Waals surface area contributed by atoms with Gasteiger partial charge in [-0.1, -0.05) is 48.3 Å². The molecule has 0 radical (unpaired) electrons. The molecule has 2 aliphatic rings. The van der Waals surface area contributed by atoms with E-state index < -0.39 is 5.91 Å². The molecule has 8 heteroatoms. The molecule has 164 valence electrons. The van der Waals surface area contributed by atoms with Crippen molar-refractivity contribution in [1.29, 1.82) is 0 Å². The van der Waals surface area contributed by atoms with Crippen LogP contribution in [0.3, 0.4) is 0 Å². The third-order valence-electron chi connectivity index (χ3n) is 5.89. The lowest BCUT2D eigenvalue weighted by atomic mass is 9.85. The lowest BCUT2D eigenvalue weighted by Crippen LogP contribution is -2.18. The number of nitrogens with zero attached hydrogens (tertiary/aromatic N) is 3. The van der Waals surface area contributed by atoms with Gasteiger partial charge in [-0.05, 0) is 38.5 Å². The highest BCUT2D eigenvalue weighted by atomic mass is 16.5. The smallest absolute Gasteiger partial charge is 0.287 e. The lowest BCUT2D eigenvalue weighted by Gasteiger charge is -2.25. The zero-order valence-corrected chi connectivity index (χ0v) is 17.7. The second-order valence-corrected chi connectivity index (χ2v) is 8.19. The van der Waals surface area contributed by atoms with Gasteiger partial charge >= 0.3 is 0 Å². The topological polar surface area (TPSA) is 117 Å². The Morgan fingerprint density at radius 1 is 1.16 bits per heavy atom. The standard InChI is InChI=1S/C13H20N2O2.C10H8N2O2/c1-9(16-8-10-4-2-5-10)12-14-15-13(17-12)11-6-3-7-11;11-10(13)9-6-8(12-14-9)7-4-2-1-3-5-7/h9-11H,2-8H2,1H3;1-6H,(H2,11,13). The van der Waals surface area contributed by atoms with Crippen LogP contribution in [0.4, 0.5) is 0 Å². The van der Waals surface area contributed by atoms with Crippen molar-refractivity contribution in [2.75, 3.05) is 6.61 Å². The monoisotopic (exact) mass is 424 g/mol. The normalized spacial score (nSPS) is 17.2. The van der Waals surface area contributed by atoms with Gasteiger partial charge in [-0.2, -0.15) is 0 Å². The molecule has 5 rings (SSSR count). The molecule has 1 atom stereocenters. The van der Waals surface area contributed by atoms with E-state index in [9.17, 15) is 4.79 Å². The first-order valence-corrected chi connectivity index (χ1v) is 10.9. The number of aromatic nitrogens is 3. The number of nitrogens with two attached hydrogens (primary N) is 1. The van der Waals surface area contributed by atoms with Crippen LogP contribution >= 0.6 is 0 Å². The molecule has 2 fully saturated rings. The SMILES string of the molecule is CC(OCC1CCC1)c1nnc(C2CCC2)o1.NC(=O)c1cc(-c2ccccc2)no1. The Bertz CT molecular complexity index is 976. The number of hydrogen-bond acceptors (Lipinski definition) is 7. The van der Waals surface area contributed by atoms with Crippen molar-refractivity contribution in [3.05, 3.63) is 53.9 Å². The first kappa shape index (κ1) is 21.2. The summed E-state index contributed by atoms with van der Waals surface area (Å²) in [5.74, 6) is 2.18. The predicted molar refractivity (Wildman–Crippen MR) is 113 cm³/mol. The summed E-state index contributed by atoms with van der Waals surface area (Å²) in [6.45, 7) is 2.83. The Morgan fingerprint density at radius 2 is 1.90 bits per heavy atom. The Balaban J connectivity index is 0.000000152. The summed E-state index contributed by atoms with van der Waals surface area (Å²) in [5.41, 5.74) is 6.54. The highest BCUT2D eigenvalue weighted by molar-refractivity contribution is 5.90. The van der Waals surface area contributed by atoms with Crippen molar-refractivity contribution in [2.24, 2.45) is 11.7 Å². The van der Waals surface area contributed by atoms with Crippen LogP contribution in [0.15, 0.2) is 45.3 Å². The Morgan fingerprint density at radius 3 is 2.48 bits per heavy atom. The van der Waals surface area contributed by atoms with E-state index in [1.165, 1.54) is 44.6 Å². The molecule has 2 saturated carbocycles. The maximum atomic E-state index is 10.7. The second kappa shape index (κ2) is 9.87. The number of primary amides is 1. The van der Waals surface area contributed by atoms with E-state index in [2.05, 4.69) is 15.4 Å². The summed E-state index contributed by atoms with van der Waals surface area (Å²) in [4.78, 5) is 10.7. The van der Waals surface area contributed by atoms with Gasteiger partial charge in [0, 0.05) is 17.5 Å². The largest absolute Gasteiger partial charge is 0.422 e. The van der Waals surface area contributed by atoms with Crippen molar-refractivity contribution in [2.45, 2.75) is 57.5 Å². The van der Waals surface area contributed by atoms with Crippen LogP contribution in [0.5, 0.6) is 0 Å². The molecule has 2 heterocycles. The Labute approximate surface area is 181 Å². The van der Waals surface area contributed by atoms with E-state index in [4.69, 9.17) is 19.4 Å². The van der Waals surface area contributed by atoms with Crippen molar-refractivity contribution in [3.8, 4) is 11.3 Å². The van der Waals surface area contributed by atoms with Gasteiger partial charge in [0.15, 0.2) is 0 Å². The molecular formula is C23H28N4O4. The minimum atomic E-state index is -0.611. The van der Waals surface area contributed by atoms with E-state index in [1.54, 1.807) is 0 Å². The molecule has 3 aromatic rings. The Hall–Kier alpha value is -3.00. The minimum absolute atomic E-state index is 0.0584. The lowest BCUT2D eigenvalue weighted by molar-refractivity contribution is 0.00514. The molecule has 1 aromatic carbocycles. The molecular weight excluding hydrogens is 396 g/mol. The number of carbonyl (C=O) groups excluding carboxylic acids is 1. The average Bonchev–Trinajstić information content (AvgIpc) is 3.37. The van der Waals surface area contributed by atoms with Crippen LogP contribution in [-0.4, -0.2) is 27.9 Å². The van der Waals surface area contributed by atoms with Crippen LogP contribution in [0.2, 0.25) is 0 Å². The van der Waals surface area contributed by atoms with Gasteiger partial charge in [0.25, 0.3) is 5.91 Å². The van der Waals surface area contributed by atoms with E-state index in [1.807, 2.05) is 37.3 Å². The molecule has 0 spiro atoms.